The quantitative estimate of drug-likeness (QED) is 0.794. The number of methoxy groups -OCH3 is 1. The molecule has 0 aliphatic rings. The standard InChI is InChI=1S/C11H11NO4/c1-6-3-9(16-2)7(5-12)4-8(6)10(13)11(14)15/h3-4,10,13H,1-2H3,(H,14,15). The molecule has 16 heavy (non-hydrogen) atoms. The van der Waals surface area contributed by atoms with Crippen molar-refractivity contribution < 1.29 is 19.7 Å². The number of aliphatic hydroxyl groups excluding tert-OH is 1. The molecule has 0 bridgehead atoms. The average molecular weight is 221 g/mol. The van der Waals surface area contributed by atoms with Gasteiger partial charge in [0.15, 0.2) is 6.10 Å². The van der Waals surface area contributed by atoms with Crippen molar-refractivity contribution >= 4 is 5.97 Å². The number of aryl methyl sites for hydroxylation is 1. The van der Waals surface area contributed by atoms with Gasteiger partial charge in [-0.05, 0) is 30.2 Å². The van der Waals surface area contributed by atoms with Crippen molar-refractivity contribution in [3.8, 4) is 11.8 Å². The summed E-state index contributed by atoms with van der Waals surface area (Å²) >= 11 is 0. The van der Waals surface area contributed by atoms with E-state index in [1.165, 1.54) is 19.2 Å². The van der Waals surface area contributed by atoms with Crippen LogP contribution in [0.25, 0.3) is 0 Å². The second kappa shape index (κ2) is 4.64. The van der Waals surface area contributed by atoms with E-state index in [-0.39, 0.29) is 11.1 Å². The highest BCUT2D eigenvalue weighted by Crippen LogP contribution is 2.26. The number of hydrogen-bond acceptors (Lipinski definition) is 4. The minimum absolute atomic E-state index is 0.198. The normalized spacial score (nSPS) is 11.6. The number of nitriles is 1. The Bertz CT molecular complexity index is 462. The molecule has 1 atom stereocenters. The highest BCUT2D eigenvalue weighted by Gasteiger charge is 2.20. The van der Waals surface area contributed by atoms with Gasteiger partial charge in [-0.15, -0.1) is 0 Å². The van der Waals surface area contributed by atoms with E-state index in [1.54, 1.807) is 6.92 Å². The van der Waals surface area contributed by atoms with Crippen LogP contribution in [0.4, 0.5) is 0 Å². The molecule has 0 aliphatic heterocycles. The predicted molar refractivity (Wildman–Crippen MR) is 55.0 cm³/mol. The molecule has 0 radical (unpaired) electrons. The van der Waals surface area contributed by atoms with Crippen LogP contribution in [0.5, 0.6) is 5.75 Å². The summed E-state index contributed by atoms with van der Waals surface area (Å²) in [4.78, 5) is 10.6. The zero-order valence-corrected chi connectivity index (χ0v) is 8.89. The molecule has 2 N–H and O–H groups in total. The van der Waals surface area contributed by atoms with Crippen molar-refractivity contribution in [1.29, 1.82) is 5.26 Å². The summed E-state index contributed by atoms with van der Waals surface area (Å²) in [5.41, 5.74) is 0.957. The third-order valence-corrected chi connectivity index (χ3v) is 2.24. The van der Waals surface area contributed by atoms with E-state index in [2.05, 4.69) is 0 Å². The van der Waals surface area contributed by atoms with Crippen molar-refractivity contribution in [3.05, 3.63) is 28.8 Å². The van der Waals surface area contributed by atoms with E-state index in [0.717, 1.165) is 0 Å². The maximum atomic E-state index is 10.6. The van der Waals surface area contributed by atoms with Crippen LogP contribution in [-0.4, -0.2) is 23.3 Å². The topological polar surface area (TPSA) is 90.6 Å². The summed E-state index contributed by atoms with van der Waals surface area (Å²) in [6.07, 6.45) is -1.63. The average Bonchev–Trinajstić information content (AvgIpc) is 2.27. The van der Waals surface area contributed by atoms with Crippen LogP contribution in [0.1, 0.15) is 22.8 Å². The first-order chi connectivity index (χ1) is 7.51. The van der Waals surface area contributed by atoms with Gasteiger partial charge in [-0.2, -0.15) is 5.26 Å². The van der Waals surface area contributed by atoms with Gasteiger partial charge >= 0.3 is 5.97 Å². The molecule has 0 heterocycles. The number of rotatable bonds is 3. The SMILES string of the molecule is COc1cc(C)c(C(O)C(=O)O)cc1C#N. The van der Waals surface area contributed by atoms with Crippen molar-refractivity contribution in [3.63, 3.8) is 0 Å². The number of carbonyl (C=O) groups is 1. The molecule has 5 heteroatoms. The fourth-order valence-corrected chi connectivity index (χ4v) is 1.38. The van der Waals surface area contributed by atoms with Crippen LogP contribution in [0.2, 0.25) is 0 Å². The summed E-state index contributed by atoms with van der Waals surface area (Å²) in [6.45, 7) is 1.64. The Morgan fingerprint density at radius 2 is 2.19 bits per heavy atom. The third kappa shape index (κ3) is 2.12. The molecule has 0 aliphatic carbocycles. The molecule has 0 saturated carbocycles. The highest BCUT2D eigenvalue weighted by atomic mass is 16.5. The van der Waals surface area contributed by atoms with E-state index in [1.807, 2.05) is 6.07 Å². The predicted octanol–water partition coefficient (Wildman–Crippen LogP) is 0.993. The molecule has 84 valence electrons. The maximum Gasteiger partial charge on any atom is 0.337 e. The van der Waals surface area contributed by atoms with Crippen molar-refractivity contribution in [2.45, 2.75) is 13.0 Å². The molecule has 1 aromatic carbocycles. The van der Waals surface area contributed by atoms with Gasteiger partial charge in [-0.1, -0.05) is 0 Å². The molecular weight excluding hydrogens is 210 g/mol. The Labute approximate surface area is 92.5 Å². The van der Waals surface area contributed by atoms with Gasteiger partial charge < -0.3 is 14.9 Å². The van der Waals surface area contributed by atoms with Crippen molar-refractivity contribution in [2.75, 3.05) is 7.11 Å². The fraction of sp³-hybridized carbons (Fsp3) is 0.273. The molecule has 0 fully saturated rings. The zero-order valence-electron chi connectivity index (χ0n) is 8.89. The van der Waals surface area contributed by atoms with Crippen LogP contribution in [0, 0.1) is 18.3 Å². The Hall–Kier alpha value is -2.06. The lowest BCUT2D eigenvalue weighted by atomic mass is 10.00. The molecule has 0 saturated heterocycles. The summed E-state index contributed by atoms with van der Waals surface area (Å²) < 4.78 is 4.96. The fourth-order valence-electron chi connectivity index (χ4n) is 1.38. The van der Waals surface area contributed by atoms with Crippen LogP contribution in [0.3, 0.4) is 0 Å². The number of aliphatic hydroxyl groups is 1. The molecule has 0 spiro atoms. The lowest BCUT2D eigenvalue weighted by molar-refractivity contribution is -0.147. The van der Waals surface area contributed by atoms with Gasteiger partial charge in [0.25, 0.3) is 0 Å². The van der Waals surface area contributed by atoms with E-state index in [4.69, 9.17) is 15.1 Å². The number of carboxylic acids is 1. The molecule has 1 rings (SSSR count). The van der Waals surface area contributed by atoms with Gasteiger partial charge in [0.1, 0.15) is 11.8 Å². The van der Waals surface area contributed by atoms with Gasteiger partial charge in [-0.25, -0.2) is 4.79 Å². The molecule has 0 aromatic heterocycles. The van der Waals surface area contributed by atoms with E-state index < -0.39 is 12.1 Å². The Morgan fingerprint density at radius 1 is 1.56 bits per heavy atom. The summed E-state index contributed by atoms with van der Waals surface area (Å²) in [5.74, 6) is -0.988. The lowest BCUT2D eigenvalue weighted by Gasteiger charge is -2.12. The van der Waals surface area contributed by atoms with Crippen LogP contribution < -0.4 is 4.74 Å². The minimum atomic E-state index is -1.63. The molecule has 1 unspecified atom stereocenters. The number of aliphatic carboxylic acids is 1. The van der Waals surface area contributed by atoms with Crippen molar-refractivity contribution in [2.24, 2.45) is 0 Å². The third-order valence-electron chi connectivity index (χ3n) is 2.24. The smallest absolute Gasteiger partial charge is 0.337 e. The van der Waals surface area contributed by atoms with Gasteiger partial charge in [0, 0.05) is 0 Å². The van der Waals surface area contributed by atoms with Gasteiger partial charge in [0.05, 0.1) is 12.7 Å². The first-order valence-electron chi connectivity index (χ1n) is 4.50. The van der Waals surface area contributed by atoms with E-state index in [9.17, 15) is 9.90 Å². The largest absolute Gasteiger partial charge is 0.495 e. The molecule has 1 aromatic rings. The first-order valence-corrected chi connectivity index (χ1v) is 4.50. The maximum absolute atomic E-state index is 10.6. The van der Waals surface area contributed by atoms with Gasteiger partial charge in [-0.3, -0.25) is 0 Å². The number of nitrogens with zero attached hydrogens (tertiary/aromatic N) is 1. The highest BCUT2D eigenvalue weighted by molar-refractivity contribution is 5.75. The van der Waals surface area contributed by atoms with Crippen molar-refractivity contribution in [1.82, 2.24) is 0 Å². The summed E-state index contributed by atoms with van der Waals surface area (Å²) in [5, 5.41) is 26.9. The summed E-state index contributed by atoms with van der Waals surface area (Å²) in [7, 11) is 1.42. The van der Waals surface area contributed by atoms with E-state index in [0.29, 0.717) is 11.3 Å². The Kier molecular flexibility index (Phi) is 3.48. The van der Waals surface area contributed by atoms with Gasteiger partial charge in [0.2, 0.25) is 0 Å². The van der Waals surface area contributed by atoms with Crippen LogP contribution in [-0.2, 0) is 4.79 Å². The second-order valence-electron chi connectivity index (χ2n) is 3.26. The molecule has 5 nitrogen and oxygen atoms in total. The lowest BCUT2D eigenvalue weighted by Crippen LogP contribution is -2.12. The monoisotopic (exact) mass is 221 g/mol. The number of benzene rings is 1. The van der Waals surface area contributed by atoms with Crippen LogP contribution >= 0.6 is 0 Å². The zero-order chi connectivity index (χ0) is 12.3. The number of hydrogen-bond donors (Lipinski definition) is 2. The second-order valence-corrected chi connectivity index (χ2v) is 3.26. The minimum Gasteiger partial charge on any atom is -0.495 e. The van der Waals surface area contributed by atoms with E-state index >= 15 is 0 Å². The number of ether oxygens (including phenoxy) is 1. The van der Waals surface area contributed by atoms with Crippen LogP contribution in [0.15, 0.2) is 12.1 Å². The Morgan fingerprint density at radius 3 is 2.62 bits per heavy atom. The molecule has 0 amide bonds. The first kappa shape index (κ1) is 12.0. The number of carboxylic acid groups (broad SMARTS) is 1. The summed E-state index contributed by atoms with van der Waals surface area (Å²) in [6, 6.07) is 4.73. The Balaban J connectivity index is 3.33. The molecular formula is C11H11NO4.